The molecule has 0 bridgehead atoms. The van der Waals surface area contributed by atoms with Gasteiger partial charge in [-0.15, -0.1) is 11.3 Å². The lowest BCUT2D eigenvalue weighted by Crippen LogP contribution is -2.50. The van der Waals surface area contributed by atoms with Crippen LogP contribution in [0, 0.1) is 12.8 Å². The zero-order chi connectivity index (χ0) is 23.8. The average Bonchev–Trinajstić information content (AvgIpc) is 3.01. The van der Waals surface area contributed by atoms with E-state index in [2.05, 4.69) is 19.2 Å². The number of aryl methyl sites for hydroxylation is 1. The van der Waals surface area contributed by atoms with Gasteiger partial charge >= 0.3 is 0 Å². The second-order valence-corrected chi connectivity index (χ2v) is 11.8. The molecule has 174 valence electrons. The normalized spacial score (nSPS) is 18.7. The van der Waals surface area contributed by atoms with Gasteiger partial charge in [0.25, 0.3) is 5.91 Å². The van der Waals surface area contributed by atoms with E-state index in [0.29, 0.717) is 37.9 Å². The molecule has 0 unspecified atom stereocenters. The number of ether oxygens (including phenoxy) is 1. The molecule has 32 heavy (non-hydrogen) atoms. The van der Waals surface area contributed by atoms with E-state index in [-0.39, 0.29) is 24.5 Å². The van der Waals surface area contributed by atoms with Crippen molar-refractivity contribution in [3.8, 4) is 5.75 Å². The van der Waals surface area contributed by atoms with Crippen LogP contribution in [-0.4, -0.2) is 34.9 Å². The summed E-state index contributed by atoms with van der Waals surface area (Å²) in [4.78, 5) is 29.4. The van der Waals surface area contributed by atoms with Crippen molar-refractivity contribution in [1.29, 1.82) is 0 Å². The third-order valence-corrected chi connectivity index (χ3v) is 6.68. The molecule has 2 aromatic rings. The van der Waals surface area contributed by atoms with Gasteiger partial charge in [-0.1, -0.05) is 43.1 Å². The second-order valence-electron chi connectivity index (χ2n) is 9.68. The summed E-state index contributed by atoms with van der Waals surface area (Å²) in [6, 6.07) is 6.14. The Labute approximate surface area is 204 Å². The lowest BCUT2D eigenvalue weighted by molar-refractivity contribution is -0.127. The van der Waals surface area contributed by atoms with Crippen molar-refractivity contribution < 1.29 is 14.3 Å². The molecule has 0 fully saturated rings. The van der Waals surface area contributed by atoms with Gasteiger partial charge in [-0.2, -0.15) is 0 Å². The van der Waals surface area contributed by atoms with Crippen molar-refractivity contribution in [3.63, 3.8) is 0 Å². The maximum atomic E-state index is 13.7. The molecule has 0 saturated carbocycles. The zero-order valence-electron chi connectivity index (χ0n) is 19.3. The third kappa shape index (κ3) is 5.59. The van der Waals surface area contributed by atoms with Gasteiger partial charge in [0.1, 0.15) is 17.9 Å². The first kappa shape index (κ1) is 24.9. The number of carbonyl (C=O) groups is 2. The number of fused-ring (bicyclic) bond motifs is 1. The van der Waals surface area contributed by atoms with Crippen LogP contribution in [0.3, 0.4) is 0 Å². The Bertz CT molecular complexity index is 1010. The first-order valence-corrected chi connectivity index (χ1v) is 12.3. The van der Waals surface area contributed by atoms with Crippen molar-refractivity contribution in [2.24, 2.45) is 5.92 Å². The summed E-state index contributed by atoms with van der Waals surface area (Å²) < 4.78 is 6.90. The number of rotatable bonds is 4. The number of hydrogen-bond donors (Lipinski definition) is 1. The molecule has 2 atom stereocenters. The van der Waals surface area contributed by atoms with Gasteiger partial charge in [0.2, 0.25) is 5.91 Å². The minimum atomic E-state index is -0.881. The van der Waals surface area contributed by atoms with Crippen LogP contribution in [-0.2, 0) is 4.79 Å². The van der Waals surface area contributed by atoms with E-state index >= 15 is 0 Å². The van der Waals surface area contributed by atoms with E-state index in [4.69, 9.17) is 27.9 Å². The SMILES string of the molecule is Cc1ccc(Cl)c2c1[C@H](C(=O)NC(C)(C)C)N(C(=O)c1ccc(Cl)s1)C[C@H](CC(C)C)O2. The van der Waals surface area contributed by atoms with E-state index in [1.165, 1.54) is 11.3 Å². The fourth-order valence-corrected chi connectivity index (χ4v) is 5.15. The van der Waals surface area contributed by atoms with Crippen molar-refractivity contribution >= 4 is 46.4 Å². The van der Waals surface area contributed by atoms with Gasteiger partial charge in [-0.25, -0.2) is 0 Å². The first-order chi connectivity index (χ1) is 14.9. The Kier molecular flexibility index (Phi) is 7.48. The van der Waals surface area contributed by atoms with E-state index < -0.39 is 11.6 Å². The monoisotopic (exact) mass is 496 g/mol. The predicted octanol–water partition coefficient (Wildman–Crippen LogP) is 6.27. The summed E-state index contributed by atoms with van der Waals surface area (Å²) in [6.07, 6.45) is 0.409. The van der Waals surface area contributed by atoms with E-state index in [1.807, 2.05) is 33.8 Å². The summed E-state index contributed by atoms with van der Waals surface area (Å²) in [5, 5.41) is 3.48. The largest absolute Gasteiger partial charge is 0.487 e. The summed E-state index contributed by atoms with van der Waals surface area (Å²) >= 11 is 13.9. The van der Waals surface area contributed by atoms with E-state index in [1.54, 1.807) is 23.1 Å². The summed E-state index contributed by atoms with van der Waals surface area (Å²) in [6.45, 7) is 12.1. The second kappa shape index (κ2) is 9.62. The molecule has 1 aliphatic rings. The Morgan fingerprint density at radius 1 is 1.22 bits per heavy atom. The molecule has 0 radical (unpaired) electrons. The fourth-order valence-electron chi connectivity index (χ4n) is 3.95. The van der Waals surface area contributed by atoms with Gasteiger partial charge in [0.15, 0.2) is 0 Å². The maximum absolute atomic E-state index is 13.7. The van der Waals surface area contributed by atoms with Crippen LogP contribution >= 0.6 is 34.5 Å². The number of halogens is 2. The quantitative estimate of drug-likeness (QED) is 0.542. The Balaban J connectivity index is 2.20. The van der Waals surface area contributed by atoms with Crippen molar-refractivity contribution in [2.75, 3.05) is 6.54 Å². The van der Waals surface area contributed by atoms with Gasteiger partial charge in [-0.05, 0) is 63.8 Å². The molecule has 3 rings (SSSR count). The fraction of sp³-hybridized carbons (Fsp3) is 0.500. The molecule has 1 aromatic carbocycles. The van der Waals surface area contributed by atoms with Crippen LogP contribution in [0.2, 0.25) is 9.36 Å². The minimum absolute atomic E-state index is 0.249. The number of amides is 2. The Hall–Kier alpha value is -1.76. The highest BCUT2D eigenvalue weighted by Gasteiger charge is 2.41. The highest BCUT2D eigenvalue weighted by Crippen LogP contribution is 2.42. The molecule has 2 heterocycles. The predicted molar refractivity (Wildman–Crippen MR) is 131 cm³/mol. The molecular weight excluding hydrogens is 467 g/mol. The van der Waals surface area contributed by atoms with E-state index in [0.717, 1.165) is 5.56 Å². The lowest BCUT2D eigenvalue weighted by Gasteiger charge is -2.33. The van der Waals surface area contributed by atoms with Crippen LogP contribution in [0.25, 0.3) is 0 Å². The Morgan fingerprint density at radius 3 is 2.47 bits per heavy atom. The van der Waals surface area contributed by atoms with Crippen LogP contribution in [0.4, 0.5) is 0 Å². The topological polar surface area (TPSA) is 58.6 Å². The third-order valence-electron chi connectivity index (χ3n) is 5.16. The van der Waals surface area contributed by atoms with E-state index in [9.17, 15) is 9.59 Å². The van der Waals surface area contributed by atoms with Crippen molar-refractivity contribution in [3.05, 3.63) is 49.6 Å². The minimum Gasteiger partial charge on any atom is -0.487 e. The smallest absolute Gasteiger partial charge is 0.265 e. The van der Waals surface area contributed by atoms with Gasteiger partial charge < -0.3 is 15.0 Å². The molecule has 0 aliphatic carbocycles. The molecule has 1 N–H and O–H groups in total. The summed E-state index contributed by atoms with van der Waals surface area (Å²) in [5.41, 5.74) is 0.988. The molecule has 0 spiro atoms. The van der Waals surface area contributed by atoms with Crippen molar-refractivity contribution in [2.45, 2.75) is 65.6 Å². The molecule has 5 nitrogen and oxygen atoms in total. The first-order valence-electron chi connectivity index (χ1n) is 10.7. The van der Waals surface area contributed by atoms with Crippen LogP contribution in [0.5, 0.6) is 5.75 Å². The molecule has 1 aromatic heterocycles. The molecule has 2 amide bonds. The van der Waals surface area contributed by atoms with Gasteiger partial charge in [0.05, 0.1) is 20.8 Å². The average molecular weight is 497 g/mol. The van der Waals surface area contributed by atoms with Gasteiger partial charge in [0, 0.05) is 11.1 Å². The number of thiophene rings is 1. The zero-order valence-corrected chi connectivity index (χ0v) is 21.6. The van der Waals surface area contributed by atoms with Crippen LogP contribution < -0.4 is 10.1 Å². The lowest BCUT2D eigenvalue weighted by atomic mass is 9.96. The summed E-state index contributed by atoms with van der Waals surface area (Å²) in [5.74, 6) is 0.292. The number of benzene rings is 1. The molecule has 8 heteroatoms. The molecule has 0 saturated heterocycles. The van der Waals surface area contributed by atoms with Crippen LogP contribution in [0.15, 0.2) is 24.3 Å². The van der Waals surface area contributed by atoms with Crippen LogP contribution in [0.1, 0.15) is 67.9 Å². The Morgan fingerprint density at radius 2 is 1.91 bits per heavy atom. The van der Waals surface area contributed by atoms with Crippen molar-refractivity contribution in [1.82, 2.24) is 10.2 Å². The van der Waals surface area contributed by atoms with Gasteiger partial charge in [-0.3, -0.25) is 9.59 Å². The number of carbonyl (C=O) groups excluding carboxylic acids is 2. The number of nitrogens with zero attached hydrogens (tertiary/aromatic N) is 1. The molecule has 1 aliphatic heterocycles. The highest BCUT2D eigenvalue weighted by atomic mass is 35.5. The number of nitrogens with one attached hydrogen (secondary N) is 1. The molecular formula is C24H30Cl2N2O3S. The maximum Gasteiger partial charge on any atom is 0.265 e. The summed E-state index contributed by atoms with van der Waals surface area (Å²) in [7, 11) is 0. The standard InChI is InChI=1S/C24H30Cl2N2O3S/c1-13(2)11-15-12-28(23(30)17-9-10-18(26)32-17)20(22(29)27-24(4,5)6)19-14(3)7-8-16(25)21(19)31-15/h7-10,13,15,20H,11-12H2,1-6H3,(H,27,29)/t15-,20+/m0/s1. The highest BCUT2D eigenvalue weighted by molar-refractivity contribution is 7.18. The number of hydrogen-bond acceptors (Lipinski definition) is 4.